The number of piperazine rings is 1. The highest BCUT2D eigenvalue weighted by Gasteiger charge is 2.35. The Morgan fingerprint density at radius 1 is 0.903 bits per heavy atom. The molecule has 3 amide bonds. The van der Waals surface area contributed by atoms with Gasteiger partial charge in [-0.3, -0.25) is 14.4 Å². The van der Waals surface area contributed by atoms with E-state index in [1.165, 1.54) is 18.2 Å². The summed E-state index contributed by atoms with van der Waals surface area (Å²) in [7, 11) is 0. The third kappa shape index (κ3) is 4.65. The second-order valence-electron chi connectivity index (χ2n) is 7.74. The highest BCUT2D eigenvalue weighted by atomic mass is 19.1. The molecule has 9 heteroatoms. The monoisotopic (exact) mass is 429 g/mol. The summed E-state index contributed by atoms with van der Waals surface area (Å²) in [6.07, 6.45) is 1.87. The van der Waals surface area contributed by atoms with Crippen LogP contribution in [0.1, 0.15) is 33.6 Å². The molecule has 1 aliphatic carbocycles. The smallest absolute Gasteiger partial charge is 0.257 e. The number of anilines is 1. The number of hydrogen-bond donors (Lipinski definition) is 2. The molecule has 2 N–H and O–H groups in total. The van der Waals surface area contributed by atoms with Crippen molar-refractivity contribution in [1.82, 2.24) is 9.80 Å². The van der Waals surface area contributed by atoms with E-state index in [4.69, 9.17) is 0 Å². The van der Waals surface area contributed by atoms with E-state index in [-0.39, 0.29) is 40.3 Å². The molecular formula is C22H21F2N3O4. The van der Waals surface area contributed by atoms with Crippen LogP contribution in [0.2, 0.25) is 0 Å². The molecule has 1 saturated heterocycles. The molecule has 0 aromatic heterocycles. The number of nitrogens with one attached hydrogen (secondary N) is 1. The average molecular weight is 429 g/mol. The molecule has 1 aliphatic heterocycles. The van der Waals surface area contributed by atoms with Crippen molar-refractivity contribution in [2.75, 3.05) is 31.5 Å². The lowest BCUT2D eigenvalue weighted by molar-refractivity contribution is -0.134. The Hall–Kier alpha value is -3.49. The normalized spacial score (nSPS) is 16.2. The lowest BCUT2D eigenvalue weighted by Gasteiger charge is -2.35. The number of halogens is 2. The van der Waals surface area contributed by atoms with E-state index in [0.717, 1.165) is 25.0 Å². The number of phenolic OH excluding ortho intramolecular Hbond substituents is 1. The molecule has 7 nitrogen and oxygen atoms in total. The van der Waals surface area contributed by atoms with Crippen molar-refractivity contribution in [2.45, 2.75) is 12.8 Å². The Morgan fingerprint density at radius 3 is 2.10 bits per heavy atom. The summed E-state index contributed by atoms with van der Waals surface area (Å²) in [6, 6.07) is 6.44. The molecular weight excluding hydrogens is 408 g/mol. The van der Waals surface area contributed by atoms with Crippen LogP contribution in [-0.4, -0.2) is 58.8 Å². The second-order valence-corrected chi connectivity index (χ2v) is 7.74. The zero-order valence-corrected chi connectivity index (χ0v) is 16.6. The second kappa shape index (κ2) is 8.33. The van der Waals surface area contributed by atoms with Crippen LogP contribution in [0.5, 0.6) is 5.75 Å². The van der Waals surface area contributed by atoms with E-state index in [9.17, 15) is 28.3 Å². The predicted molar refractivity (Wildman–Crippen MR) is 108 cm³/mol. The molecule has 0 bridgehead atoms. The zero-order valence-electron chi connectivity index (χ0n) is 16.6. The first-order valence-electron chi connectivity index (χ1n) is 10.0. The summed E-state index contributed by atoms with van der Waals surface area (Å²) in [5.41, 5.74) is 0.0242. The van der Waals surface area contributed by atoms with Gasteiger partial charge in [0.25, 0.3) is 11.8 Å². The summed E-state index contributed by atoms with van der Waals surface area (Å²) in [5, 5.41) is 12.7. The average Bonchev–Trinajstić information content (AvgIpc) is 3.58. The van der Waals surface area contributed by atoms with Gasteiger partial charge in [0.15, 0.2) is 0 Å². The molecule has 0 unspecified atom stereocenters. The number of nitrogens with zero attached hydrogens (tertiary/aromatic N) is 2. The van der Waals surface area contributed by atoms with Crippen molar-refractivity contribution < 1.29 is 28.3 Å². The topological polar surface area (TPSA) is 90.0 Å². The quantitative estimate of drug-likeness (QED) is 0.782. The van der Waals surface area contributed by atoms with E-state index in [2.05, 4.69) is 5.32 Å². The van der Waals surface area contributed by atoms with Crippen molar-refractivity contribution in [1.29, 1.82) is 0 Å². The van der Waals surface area contributed by atoms with Gasteiger partial charge in [-0.15, -0.1) is 0 Å². The minimum absolute atomic E-state index is 0.0665. The molecule has 1 saturated carbocycles. The van der Waals surface area contributed by atoms with Crippen LogP contribution in [-0.2, 0) is 4.79 Å². The molecule has 0 atom stereocenters. The van der Waals surface area contributed by atoms with Crippen LogP contribution in [0.3, 0.4) is 0 Å². The first-order chi connectivity index (χ1) is 14.8. The van der Waals surface area contributed by atoms with Crippen LogP contribution in [0.15, 0.2) is 36.4 Å². The maximum Gasteiger partial charge on any atom is 0.257 e. The Bertz CT molecular complexity index is 1030. The minimum Gasteiger partial charge on any atom is -0.507 e. The SMILES string of the molecule is O=C(Nc1ccc(C(=O)N2CCN(C(=O)C3CC3)CC2)c(O)c1)c1cc(F)cc(F)c1. The van der Waals surface area contributed by atoms with E-state index in [1.54, 1.807) is 9.80 Å². The molecule has 0 spiro atoms. The van der Waals surface area contributed by atoms with Crippen molar-refractivity contribution in [3.8, 4) is 5.75 Å². The molecule has 162 valence electrons. The van der Waals surface area contributed by atoms with E-state index in [1.807, 2.05) is 0 Å². The van der Waals surface area contributed by atoms with Gasteiger partial charge in [0.1, 0.15) is 17.4 Å². The molecule has 4 rings (SSSR count). The van der Waals surface area contributed by atoms with Gasteiger partial charge in [-0.25, -0.2) is 8.78 Å². The minimum atomic E-state index is -0.882. The van der Waals surface area contributed by atoms with Gasteiger partial charge in [0, 0.05) is 55.5 Å². The van der Waals surface area contributed by atoms with Gasteiger partial charge in [-0.05, 0) is 37.1 Å². The lowest BCUT2D eigenvalue weighted by atomic mass is 10.1. The Morgan fingerprint density at radius 2 is 1.52 bits per heavy atom. The fourth-order valence-electron chi connectivity index (χ4n) is 3.57. The van der Waals surface area contributed by atoms with Crippen molar-refractivity contribution in [2.24, 2.45) is 5.92 Å². The summed E-state index contributed by atoms with van der Waals surface area (Å²) >= 11 is 0. The number of hydrogen-bond acceptors (Lipinski definition) is 4. The molecule has 2 aliphatic rings. The van der Waals surface area contributed by atoms with Gasteiger partial charge in [-0.2, -0.15) is 0 Å². The Balaban J connectivity index is 1.39. The van der Waals surface area contributed by atoms with Crippen LogP contribution < -0.4 is 5.32 Å². The van der Waals surface area contributed by atoms with E-state index in [0.29, 0.717) is 32.2 Å². The first-order valence-corrected chi connectivity index (χ1v) is 10.0. The van der Waals surface area contributed by atoms with Gasteiger partial charge < -0.3 is 20.2 Å². The van der Waals surface area contributed by atoms with Crippen LogP contribution in [0.25, 0.3) is 0 Å². The third-order valence-electron chi connectivity index (χ3n) is 5.42. The number of rotatable bonds is 4. The predicted octanol–water partition coefficient (Wildman–Crippen LogP) is 2.62. The van der Waals surface area contributed by atoms with Crippen LogP contribution in [0, 0.1) is 17.6 Å². The highest BCUT2D eigenvalue weighted by Crippen LogP contribution is 2.31. The number of carbonyl (C=O) groups is 3. The van der Waals surface area contributed by atoms with E-state index >= 15 is 0 Å². The van der Waals surface area contributed by atoms with Gasteiger partial charge in [-0.1, -0.05) is 0 Å². The fourth-order valence-corrected chi connectivity index (χ4v) is 3.57. The number of benzene rings is 2. The fraction of sp³-hybridized carbons (Fsp3) is 0.318. The summed E-state index contributed by atoms with van der Waals surface area (Å²) < 4.78 is 26.6. The molecule has 2 fully saturated rings. The maximum atomic E-state index is 13.3. The maximum absolute atomic E-state index is 13.3. The molecule has 1 heterocycles. The van der Waals surface area contributed by atoms with Crippen molar-refractivity contribution >= 4 is 23.4 Å². The summed E-state index contributed by atoms with van der Waals surface area (Å²) in [6.45, 7) is 1.67. The van der Waals surface area contributed by atoms with Gasteiger partial charge in [0.05, 0.1) is 5.56 Å². The molecule has 2 aromatic rings. The number of carbonyl (C=O) groups excluding carboxylic acids is 3. The number of amides is 3. The van der Waals surface area contributed by atoms with Crippen molar-refractivity contribution in [3.05, 3.63) is 59.2 Å². The Labute approximate surface area is 177 Å². The lowest BCUT2D eigenvalue weighted by Crippen LogP contribution is -2.51. The summed E-state index contributed by atoms with van der Waals surface area (Å²) in [4.78, 5) is 40.4. The zero-order chi connectivity index (χ0) is 22.1. The number of phenols is 1. The summed E-state index contributed by atoms with van der Waals surface area (Å²) in [5.74, 6) is -2.94. The molecule has 0 radical (unpaired) electrons. The largest absolute Gasteiger partial charge is 0.507 e. The van der Waals surface area contributed by atoms with Crippen LogP contribution in [0.4, 0.5) is 14.5 Å². The van der Waals surface area contributed by atoms with E-state index < -0.39 is 17.5 Å². The standard InChI is InChI=1S/C22H21F2N3O4/c23-15-9-14(10-16(24)11-15)20(29)25-17-3-4-18(19(28)12-17)22(31)27-7-5-26(6-8-27)21(30)13-1-2-13/h3-4,9-13,28H,1-2,5-8H2,(H,25,29). The first kappa shape index (κ1) is 20.8. The van der Waals surface area contributed by atoms with Gasteiger partial charge >= 0.3 is 0 Å². The third-order valence-corrected chi connectivity index (χ3v) is 5.42. The Kier molecular flexibility index (Phi) is 5.58. The van der Waals surface area contributed by atoms with Gasteiger partial charge in [0.2, 0.25) is 5.91 Å². The highest BCUT2D eigenvalue weighted by molar-refractivity contribution is 6.05. The van der Waals surface area contributed by atoms with Crippen LogP contribution >= 0.6 is 0 Å². The van der Waals surface area contributed by atoms with Crippen molar-refractivity contribution in [3.63, 3.8) is 0 Å². The number of aromatic hydroxyl groups is 1. The molecule has 2 aromatic carbocycles. The molecule has 31 heavy (non-hydrogen) atoms.